The van der Waals surface area contributed by atoms with Gasteiger partial charge < -0.3 is 15.0 Å². The van der Waals surface area contributed by atoms with Gasteiger partial charge in [-0.1, -0.05) is 25.7 Å². The third-order valence-electron chi connectivity index (χ3n) is 5.45. The minimum atomic E-state index is -0.268. The molecule has 8 nitrogen and oxygen atoms in total. The molecule has 0 aromatic carbocycles. The zero-order chi connectivity index (χ0) is 19.2. The van der Waals surface area contributed by atoms with Gasteiger partial charge in [-0.05, 0) is 18.4 Å². The number of rotatable bonds is 6. The van der Waals surface area contributed by atoms with Crippen molar-refractivity contribution in [2.75, 3.05) is 25.0 Å². The number of hydrogen-bond acceptors (Lipinski definition) is 7. The molecule has 1 saturated heterocycles. The van der Waals surface area contributed by atoms with Gasteiger partial charge in [0.1, 0.15) is 6.10 Å². The van der Waals surface area contributed by atoms with E-state index in [0.717, 1.165) is 12.3 Å². The lowest BCUT2D eigenvalue weighted by atomic mass is 10.0. The Morgan fingerprint density at radius 1 is 1.21 bits per heavy atom. The van der Waals surface area contributed by atoms with Crippen molar-refractivity contribution in [2.24, 2.45) is 5.92 Å². The maximum Gasteiger partial charge on any atom is 0.228 e. The molecule has 1 saturated carbocycles. The highest BCUT2D eigenvalue weighted by Gasteiger charge is 2.27. The first kappa shape index (κ1) is 18.7. The highest BCUT2D eigenvalue weighted by Crippen LogP contribution is 2.29. The van der Waals surface area contributed by atoms with E-state index in [1.807, 2.05) is 4.90 Å². The van der Waals surface area contributed by atoms with E-state index in [1.165, 1.54) is 25.7 Å². The van der Waals surface area contributed by atoms with Crippen LogP contribution in [0.5, 0.6) is 0 Å². The molecule has 4 rings (SSSR count). The monoisotopic (exact) mass is 382 g/mol. The van der Waals surface area contributed by atoms with E-state index in [1.54, 1.807) is 30.9 Å². The lowest BCUT2D eigenvalue weighted by molar-refractivity contribution is -0.139. The molecule has 0 spiro atoms. The minimum absolute atomic E-state index is 0.222. The van der Waals surface area contributed by atoms with Crippen LogP contribution in [0, 0.1) is 5.92 Å². The van der Waals surface area contributed by atoms with Crippen molar-refractivity contribution < 1.29 is 9.53 Å². The molecule has 3 heterocycles. The number of amides is 1. The normalized spacial score (nSPS) is 20.3. The Balaban J connectivity index is 1.36. The van der Waals surface area contributed by atoms with Crippen LogP contribution in [0.25, 0.3) is 0 Å². The summed E-state index contributed by atoms with van der Waals surface area (Å²) in [5, 5.41) is 3.04. The lowest BCUT2D eigenvalue weighted by Crippen LogP contribution is -2.42. The van der Waals surface area contributed by atoms with Gasteiger partial charge >= 0.3 is 0 Å². The zero-order valence-electron chi connectivity index (χ0n) is 16.0. The fourth-order valence-electron chi connectivity index (χ4n) is 3.91. The van der Waals surface area contributed by atoms with Gasteiger partial charge in [-0.3, -0.25) is 9.78 Å². The molecule has 148 valence electrons. The molecular weight excluding hydrogens is 356 g/mol. The molecule has 1 amide bonds. The topological polar surface area (TPSA) is 93.1 Å². The molecule has 28 heavy (non-hydrogen) atoms. The predicted molar refractivity (Wildman–Crippen MR) is 104 cm³/mol. The van der Waals surface area contributed by atoms with Gasteiger partial charge in [0.25, 0.3) is 0 Å². The van der Waals surface area contributed by atoms with Crippen molar-refractivity contribution in [3.05, 3.63) is 36.5 Å². The number of anilines is 2. The standard InChI is InChI=1S/C20H26N6O2/c27-19(7-6-15-4-1-2-5-15)26-10-11-28-17(14-26)16-12-21-13-18(24-16)25-20-22-8-3-9-23-20/h3,8-9,12-13,15,17H,1-2,4-7,10-11,14H2,(H,22,23,24,25). The van der Waals surface area contributed by atoms with Crippen LogP contribution in [0.4, 0.5) is 11.8 Å². The molecule has 0 bridgehead atoms. The zero-order valence-corrected chi connectivity index (χ0v) is 16.0. The summed E-state index contributed by atoms with van der Waals surface area (Å²) < 4.78 is 5.87. The van der Waals surface area contributed by atoms with Gasteiger partial charge in [-0.25, -0.2) is 15.0 Å². The SMILES string of the molecule is O=C(CCC1CCCC1)N1CCOC(c2cncc(Nc3ncccn3)n2)C1. The van der Waals surface area contributed by atoms with E-state index in [-0.39, 0.29) is 12.0 Å². The van der Waals surface area contributed by atoms with Gasteiger partial charge in [0.2, 0.25) is 11.9 Å². The first-order valence-electron chi connectivity index (χ1n) is 10.0. The van der Waals surface area contributed by atoms with E-state index >= 15 is 0 Å². The molecule has 1 aliphatic heterocycles. The molecule has 1 unspecified atom stereocenters. The average Bonchev–Trinajstić information content (AvgIpc) is 3.27. The molecule has 2 fully saturated rings. The van der Waals surface area contributed by atoms with Gasteiger partial charge in [-0.15, -0.1) is 0 Å². The van der Waals surface area contributed by atoms with Crippen LogP contribution in [0.3, 0.4) is 0 Å². The summed E-state index contributed by atoms with van der Waals surface area (Å²) >= 11 is 0. The maximum atomic E-state index is 12.6. The Hall–Kier alpha value is -2.61. The number of hydrogen-bond donors (Lipinski definition) is 1. The minimum Gasteiger partial charge on any atom is -0.368 e. The van der Waals surface area contributed by atoms with E-state index < -0.39 is 0 Å². The van der Waals surface area contributed by atoms with E-state index in [2.05, 4.69) is 25.3 Å². The summed E-state index contributed by atoms with van der Waals surface area (Å²) in [7, 11) is 0. The van der Waals surface area contributed by atoms with Gasteiger partial charge in [0.15, 0.2) is 5.82 Å². The molecule has 2 aromatic rings. The Labute approximate surface area is 164 Å². The Morgan fingerprint density at radius 2 is 2.04 bits per heavy atom. The first-order valence-corrected chi connectivity index (χ1v) is 10.0. The lowest BCUT2D eigenvalue weighted by Gasteiger charge is -2.33. The maximum absolute atomic E-state index is 12.6. The summed E-state index contributed by atoms with van der Waals surface area (Å²) in [4.78, 5) is 31.6. The van der Waals surface area contributed by atoms with E-state index in [4.69, 9.17) is 4.74 Å². The third-order valence-corrected chi connectivity index (χ3v) is 5.45. The summed E-state index contributed by atoms with van der Waals surface area (Å²) in [6, 6.07) is 1.75. The second-order valence-corrected chi connectivity index (χ2v) is 7.41. The van der Waals surface area contributed by atoms with Crippen LogP contribution < -0.4 is 5.32 Å². The van der Waals surface area contributed by atoms with Crippen molar-refractivity contribution in [1.29, 1.82) is 0 Å². The van der Waals surface area contributed by atoms with Crippen molar-refractivity contribution in [1.82, 2.24) is 24.8 Å². The largest absolute Gasteiger partial charge is 0.368 e. The number of carbonyl (C=O) groups excluding carboxylic acids is 1. The van der Waals surface area contributed by atoms with Crippen molar-refractivity contribution in [3.8, 4) is 0 Å². The second kappa shape index (κ2) is 9.05. The summed E-state index contributed by atoms with van der Waals surface area (Å²) in [5.41, 5.74) is 0.703. The molecule has 1 atom stereocenters. The fourth-order valence-corrected chi connectivity index (χ4v) is 3.91. The number of ether oxygens (including phenoxy) is 1. The third kappa shape index (κ3) is 4.81. The molecule has 1 aliphatic carbocycles. The van der Waals surface area contributed by atoms with Gasteiger partial charge in [0, 0.05) is 25.4 Å². The van der Waals surface area contributed by atoms with Crippen LogP contribution in [0.15, 0.2) is 30.9 Å². The smallest absolute Gasteiger partial charge is 0.228 e. The molecule has 0 radical (unpaired) electrons. The quantitative estimate of drug-likeness (QED) is 0.821. The summed E-state index contributed by atoms with van der Waals surface area (Å²) in [5.74, 6) is 1.97. The van der Waals surface area contributed by atoms with Gasteiger partial charge in [-0.2, -0.15) is 0 Å². The van der Waals surface area contributed by atoms with Crippen molar-refractivity contribution in [2.45, 2.75) is 44.6 Å². The van der Waals surface area contributed by atoms with Gasteiger partial charge in [0.05, 0.1) is 31.2 Å². The molecule has 2 aromatic heterocycles. The summed E-state index contributed by atoms with van der Waals surface area (Å²) in [6.45, 7) is 1.67. The molecule has 1 N–H and O–H groups in total. The fraction of sp³-hybridized carbons (Fsp3) is 0.550. The highest BCUT2D eigenvalue weighted by atomic mass is 16.5. The number of aromatic nitrogens is 4. The van der Waals surface area contributed by atoms with E-state index in [0.29, 0.717) is 43.6 Å². The number of nitrogens with zero attached hydrogens (tertiary/aromatic N) is 5. The van der Waals surface area contributed by atoms with Crippen LogP contribution in [-0.4, -0.2) is 50.4 Å². The first-order chi connectivity index (χ1) is 13.8. The number of carbonyl (C=O) groups is 1. The average molecular weight is 382 g/mol. The van der Waals surface area contributed by atoms with Crippen LogP contribution in [0.2, 0.25) is 0 Å². The van der Waals surface area contributed by atoms with Crippen molar-refractivity contribution in [3.63, 3.8) is 0 Å². The Morgan fingerprint density at radius 3 is 2.86 bits per heavy atom. The number of nitrogens with one attached hydrogen (secondary N) is 1. The van der Waals surface area contributed by atoms with Crippen LogP contribution >= 0.6 is 0 Å². The van der Waals surface area contributed by atoms with Crippen LogP contribution in [-0.2, 0) is 9.53 Å². The van der Waals surface area contributed by atoms with E-state index in [9.17, 15) is 4.79 Å². The van der Waals surface area contributed by atoms with Crippen LogP contribution in [0.1, 0.15) is 50.3 Å². The van der Waals surface area contributed by atoms with Crippen molar-refractivity contribution >= 4 is 17.7 Å². The highest BCUT2D eigenvalue weighted by molar-refractivity contribution is 5.76. The Bertz CT molecular complexity index is 781. The Kier molecular flexibility index (Phi) is 6.06. The summed E-state index contributed by atoms with van der Waals surface area (Å²) in [6.07, 6.45) is 13.2. The number of morpholine rings is 1. The second-order valence-electron chi connectivity index (χ2n) is 7.41. The molecule has 2 aliphatic rings. The predicted octanol–water partition coefficient (Wildman–Crippen LogP) is 2.88. The molecular formula is C20H26N6O2. The molecule has 8 heteroatoms.